The van der Waals surface area contributed by atoms with Gasteiger partial charge in [0.1, 0.15) is 22.3 Å². The normalized spacial score (nSPS) is 12.0. The first-order valence-corrected chi connectivity index (χ1v) is 15.3. The van der Waals surface area contributed by atoms with Gasteiger partial charge in [-0.2, -0.15) is 0 Å². The van der Waals surface area contributed by atoms with E-state index >= 15 is 0 Å². The second-order valence-corrected chi connectivity index (χ2v) is 11.7. The summed E-state index contributed by atoms with van der Waals surface area (Å²) in [6.07, 6.45) is 0. The van der Waals surface area contributed by atoms with Gasteiger partial charge in [-0.15, -0.1) is 0 Å². The number of aromatic nitrogens is 1. The number of furan rings is 2. The second kappa shape index (κ2) is 9.22. The van der Waals surface area contributed by atoms with Crippen molar-refractivity contribution in [1.29, 1.82) is 0 Å². The van der Waals surface area contributed by atoms with Gasteiger partial charge in [0.05, 0.1) is 11.0 Å². The average molecular weight is 576 g/mol. The summed E-state index contributed by atoms with van der Waals surface area (Å²) in [6.45, 7) is 0. The lowest BCUT2D eigenvalue weighted by atomic mass is 9.97. The predicted octanol–water partition coefficient (Wildman–Crippen LogP) is 11.9. The summed E-state index contributed by atoms with van der Waals surface area (Å²) in [6, 6.07) is 53.7. The van der Waals surface area contributed by atoms with E-state index in [1.165, 1.54) is 44.1 Å². The predicted molar refractivity (Wildman–Crippen MR) is 186 cm³/mol. The molecular formula is C42H25NO2. The van der Waals surface area contributed by atoms with E-state index in [2.05, 4.69) is 126 Å². The molecule has 3 heteroatoms. The van der Waals surface area contributed by atoms with Crippen LogP contribution >= 0.6 is 0 Å². The molecule has 0 atom stereocenters. The van der Waals surface area contributed by atoms with Crippen molar-refractivity contribution in [2.24, 2.45) is 0 Å². The fourth-order valence-electron chi connectivity index (χ4n) is 7.13. The molecule has 0 fully saturated rings. The number of fused-ring (bicyclic) bond motifs is 9. The van der Waals surface area contributed by atoms with Crippen molar-refractivity contribution >= 4 is 65.7 Å². The summed E-state index contributed by atoms with van der Waals surface area (Å²) in [4.78, 5) is 0. The highest BCUT2D eigenvalue weighted by molar-refractivity contribution is 6.17. The van der Waals surface area contributed by atoms with Crippen molar-refractivity contribution in [2.75, 3.05) is 0 Å². The molecule has 0 saturated carbocycles. The minimum absolute atomic E-state index is 0.917. The van der Waals surface area contributed by atoms with Crippen molar-refractivity contribution < 1.29 is 8.83 Å². The van der Waals surface area contributed by atoms with Crippen molar-refractivity contribution in [3.05, 3.63) is 152 Å². The number of hydrogen-bond donors (Lipinski definition) is 0. The number of benzene rings is 7. The van der Waals surface area contributed by atoms with Gasteiger partial charge in [-0.25, -0.2) is 0 Å². The molecule has 3 nitrogen and oxygen atoms in total. The fraction of sp³-hybridized carbons (Fsp3) is 0. The molecule has 0 radical (unpaired) electrons. The van der Waals surface area contributed by atoms with Gasteiger partial charge in [-0.3, -0.25) is 0 Å². The van der Waals surface area contributed by atoms with E-state index in [9.17, 15) is 0 Å². The molecule has 0 aliphatic rings. The lowest BCUT2D eigenvalue weighted by Gasteiger charge is -2.10. The molecule has 0 unspecified atom stereocenters. The van der Waals surface area contributed by atoms with Crippen LogP contribution in [0.2, 0.25) is 0 Å². The lowest BCUT2D eigenvalue weighted by Crippen LogP contribution is -1.93. The van der Waals surface area contributed by atoms with Gasteiger partial charge in [0.2, 0.25) is 0 Å². The Labute approximate surface area is 258 Å². The number of rotatable bonds is 3. The van der Waals surface area contributed by atoms with Gasteiger partial charge >= 0.3 is 0 Å². The Morgan fingerprint density at radius 1 is 0.356 bits per heavy atom. The molecule has 210 valence electrons. The Morgan fingerprint density at radius 3 is 1.76 bits per heavy atom. The van der Waals surface area contributed by atoms with Crippen LogP contribution in [0, 0.1) is 0 Å². The standard InChI is InChI=1S/C42H25NO2/c1-4-12-36-31(8-1)34-25-41-35(32-9-2-5-13-38(32)45-41)24-37(34)43(36)29-22-20-27(21-23-29)26-16-18-28(19-17-26)30-11-7-15-40-42(30)33-10-3-6-14-39(33)44-40/h1-25H. The van der Waals surface area contributed by atoms with Crippen molar-refractivity contribution in [3.63, 3.8) is 0 Å². The van der Waals surface area contributed by atoms with Gasteiger partial charge in [0.15, 0.2) is 0 Å². The minimum atomic E-state index is 0.917. The number of hydrogen-bond acceptors (Lipinski definition) is 2. The lowest BCUT2D eigenvalue weighted by molar-refractivity contribution is 0.669. The largest absolute Gasteiger partial charge is 0.456 e. The van der Waals surface area contributed by atoms with Crippen LogP contribution in [0.1, 0.15) is 0 Å². The number of para-hydroxylation sites is 3. The van der Waals surface area contributed by atoms with Crippen LogP contribution in [0.25, 0.3) is 93.6 Å². The quantitative estimate of drug-likeness (QED) is 0.210. The monoisotopic (exact) mass is 575 g/mol. The van der Waals surface area contributed by atoms with Gasteiger partial charge in [-0.1, -0.05) is 103 Å². The average Bonchev–Trinajstić information content (AvgIpc) is 3.76. The van der Waals surface area contributed by atoms with E-state index in [4.69, 9.17) is 8.83 Å². The third kappa shape index (κ3) is 3.58. The molecular weight excluding hydrogens is 550 g/mol. The zero-order valence-corrected chi connectivity index (χ0v) is 24.2. The molecule has 0 aliphatic heterocycles. The van der Waals surface area contributed by atoms with Crippen LogP contribution in [0.5, 0.6) is 0 Å². The fourth-order valence-corrected chi connectivity index (χ4v) is 7.13. The van der Waals surface area contributed by atoms with Crippen LogP contribution in [-0.2, 0) is 0 Å². The molecule has 0 aliphatic carbocycles. The third-order valence-electron chi connectivity index (χ3n) is 9.23. The highest BCUT2D eigenvalue weighted by Gasteiger charge is 2.17. The molecule has 0 bridgehead atoms. The van der Waals surface area contributed by atoms with Crippen molar-refractivity contribution in [2.45, 2.75) is 0 Å². The summed E-state index contributed by atoms with van der Waals surface area (Å²) < 4.78 is 14.7. The Balaban J connectivity index is 1.07. The smallest absolute Gasteiger partial charge is 0.136 e. The van der Waals surface area contributed by atoms with Crippen LogP contribution in [0.15, 0.2) is 160 Å². The summed E-state index contributed by atoms with van der Waals surface area (Å²) in [5, 5.41) is 7.00. The van der Waals surface area contributed by atoms with E-state index in [0.29, 0.717) is 0 Å². The van der Waals surface area contributed by atoms with E-state index in [1.54, 1.807) is 0 Å². The highest BCUT2D eigenvalue weighted by Crippen LogP contribution is 2.39. The first-order chi connectivity index (χ1) is 22.3. The zero-order chi connectivity index (χ0) is 29.5. The molecule has 10 rings (SSSR count). The van der Waals surface area contributed by atoms with E-state index in [1.807, 2.05) is 30.3 Å². The van der Waals surface area contributed by atoms with Gasteiger partial charge in [-0.05, 0) is 70.8 Å². The highest BCUT2D eigenvalue weighted by atomic mass is 16.3. The van der Waals surface area contributed by atoms with E-state index in [0.717, 1.165) is 49.6 Å². The van der Waals surface area contributed by atoms with Crippen LogP contribution < -0.4 is 0 Å². The molecule has 7 aromatic carbocycles. The third-order valence-corrected chi connectivity index (χ3v) is 9.23. The zero-order valence-electron chi connectivity index (χ0n) is 24.2. The minimum Gasteiger partial charge on any atom is -0.456 e. The second-order valence-electron chi connectivity index (χ2n) is 11.7. The molecule has 0 spiro atoms. The van der Waals surface area contributed by atoms with Crippen molar-refractivity contribution in [3.8, 4) is 27.9 Å². The van der Waals surface area contributed by atoms with E-state index < -0.39 is 0 Å². The molecule has 10 aromatic rings. The van der Waals surface area contributed by atoms with Crippen LogP contribution in [0.3, 0.4) is 0 Å². The van der Waals surface area contributed by atoms with Gasteiger partial charge in [0, 0.05) is 38.0 Å². The van der Waals surface area contributed by atoms with E-state index in [-0.39, 0.29) is 0 Å². The first-order valence-electron chi connectivity index (χ1n) is 15.3. The molecule has 3 heterocycles. The number of nitrogens with zero attached hydrogens (tertiary/aromatic N) is 1. The molecule has 0 saturated heterocycles. The maximum atomic E-state index is 6.25. The van der Waals surface area contributed by atoms with Gasteiger partial charge < -0.3 is 13.4 Å². The maximum Gasteiger partial charge on any atom is 0.136 e. The summed E-state index contributed by atoms with van der Waals surface area (Å²) >= 11 is 0. The van der Waals surface area contributed by atoms with Crippen molar-refractivity contribution in [1.82, 2.24) is 4.57 Å². The molecule has 0 N–H and O–H groups in total. The Morgan fingerprint density at radius 2 is 0.956 bits per heavy atom. The Hall–Kier alpha value is -6.06. The first kappa shape index (κ1) is 24.4. The van der Waals surface area contributed by atoms with Crippen LogP contribution in [-0.4, -0.2) is 4.57 Å². The van der Waals surface area contributed by atoms with Crippen LogP contribution in [0.4, 0.5) is 0 Å². The topological polar surface area (TPSA) is 31.2 Å². The summed E-state index contributed by atoms with van der Waals surface area (Å²) in [5.41, 5.74) is 11.9. The summed E-state index contributed by atoms with van der Waals surface area (Å²) in [7, 11) is 0. The maximum absolute atomic E-state index is 6.25. The molecule has 3 aromatic heterocycles. The SMILES string of the molecule is c1ccc2c(c1)oc1cc3c4ccccc4n(-c4ccc(-c5ccc(-c6cccc7oc8ccccc8c67)cc5)cc4)c3cc12. The Bertz CT molecular complexity index is 2740. The van der Waals surface area contributed by atoms with Gasteiger partial charge in [0.25, 0.3) is 0 Å². The molecule has 45 heavy (non-hydrogen) atoms. The molecule has 0 amide bonds. The Kier molecular flexibility index (Phi) is 5.00. The summed E-state index contributed by atoms with van der Waals surface area (Å²) in [5.74, 6) is 0.